The molecule has 23 heavy (non-hydrogen) atoms. The molecule has 2 aromatic rings. The van der Waals surface area contributed by atoms with E-state index in [0.29, 0.717) is 11.6 Å². The van der Waals surface area contributed by atoms with Crippen molar-refractivity contribution in [3.8, 4) is 0 Å². The summed E-state index contributed by atoms with van der Waals surface area (Å²) in [5.74, 6) is -2.65. The highest BCUT2D eigenvalue weighted by molar-refractivity contribution is 7.95. The third-order valence-corrected chi connectivity index (χ3v) is 3.72. The van der Waals surface area contributed by atoms with Gasteiger partial charge in [-0.05, 0) is 11.6 Å². The first-order valence-electron chi connectivity index (χ1n) is 6.18. The summed E-state index contributed by atoms with van der Waals surface area (Å²) in [5, 5.41) is 11.4. The summed E-state index contributed by atoms with van der Waals surface area (Å²) in [7, 11) is -4.13. The minimum Gasteiger partial charge on any atom is -0.277 e. The molecule has 0 unspecified atom stereocenters. The Bertz CT molecular complexity index is 868. The number of sulfonamides is 1. The van der Waals surface area contributed by atoms with E-state index in [4.69, 9.17) is 0 Å². The molecule has 0 aliphatic carbocycles. The Labute approximate surface area is 130 Å². The molecule has 0 aliphatic heterocycles. The van der Waals surface area contributed by atoms with Crippen molar-refractivity contribution in [3.63, 3.8) is 0 Å². The largest absolute Gasteiger partial charge is 0.307 e. The second-order valence-corrected chi connectivity index (χ2v) is 5.97. The van der Waals surface area contributed by atoms with Crippen molar-refractivity contribution < 1.29 is 22.1 Å². The van der Waals surface area contributed by atoms with Crippen LogP contribution in [0.4, 0.5) is 20.2 Å². The van der Waals surface area contributed by atoms with Crippen molar-refractivity contribution in [1.29, 1.82) is 0 Å². The summed E-state index contributed by atoms with van der Waals surface area (Å²) in [6.07, 6.45) is 1.26. The maximum Gasteiger partial charge on any atom is 0.307 e. The molecule has 0 amide bonds. The van der Waals surface area contributed by atoms with Crippen LogP contribution < -0.4 is 4.72 Å². The quantitative estimate of drug-likeness (QED) is 0.668. The van der Waals surface area contributed by atoms with E-state index in [9.17, 15) is 27.3 Å². The molecule has 0 aromatic heterocycles. The van der Waals surface area contributed by atoms with Crippen LogP contribution in [-0.2, 0) is 10.0 Å². The van der Waals surface area contributed by atoms with Crippen LogP contribution >= 0.6 is 0 Å². The van der Waals surface area contributed by atoms with Crippen LogP contribution in [-0.4, -0.2) is 13.3 Å². The molecule has 0 spiro atoms. The van der Waals surface area contributed by atoms with Crippen molar-refractivity contribution in [2.75, 3.05) is 4.72 Å². The molecule has 0 saturated heterocycles. The van der Waals surface area contributed by atoms with Crippen molar-refractivity contribution in [2.45, 2.75) is 0 Å². The zero-order chi connectivity index (χ0) is 17.0. The van der Waals surface area contributed by atoms with Gasteiger partial charge in [0.15, 0.2) is 5.82 Å². The Morgan fingerprint density at radius 2 is 1.74 bits per heavy atom. The molecule has 2 rings (SSSR count). The van der Waals surface area contributed by atoms with Crippen molar-refractivity contribution in [2.24, 2.45) is 0 Å². The fourth-order valence-electron chi connectivity index (χ4n) is 1.68. The summed E-state index contributed by atoms with van der Waals surface area (Å²) in [5.41, 5.74) is -1.16. The fraction of sp³-hybridized carbons (Fsp3) is 0. The number of anilines is 1. The second kappa shape index (κ2) is 6.53. The van der Waals surface area contributed by atoms with Crippen molar-refractivity contribution in [1.82, 2.24) is 0 Å². The highest BCUT2D eigenvalue weighted by Crippen LogP contribution is 2.26. The standard InChI is InChI=1S/C14H10F2N2O4S/c15-11-8-12(16)14(18(19)20)9-13(11)17-23(21,22)7-6-10-4-2-1-3-5-10/h1-9,17H. The van der Waals surface area contributed by atoms with Crippen LogP contribution in [0.25, 0.3) is 6.08 Å². The lowest BCUT2D eigenvalue weighted by Gasteiger charge is -2.06. The van der Waals surface area contributed by atoms with Gasteiger partial charge in [-0.25, -0.2) is 12.8 Å². The Balaban J connectivity index is 2.29. The summed E-state index contributed by atoms with van der Waals surface area (Å²) >= 11 is 0. The molecule has 0 aliphatic rings. The number of halogens is 2. The number of hydrogen-bond donors (Lipinski definition) is 1. The monoisotopic (exact) mass is 340 g/mol. The lowest BCUT2D eigenvalue weighted by molar-refractivity contribution is -0.387. The highest BCUT2D eigenvalue weighted by atomic mass is 32.2. The SMILES string of the molecule is O=[N+]([O-])c1cc(NS(=O)(=O)C=Cc2ccccc2)c(F)cc1F. The molecule has 2 aromatic carbocycles. The van der Waals surface area contributed by atoms with E-state index in [-0.39, 0.29) is 6.07 Å². The van der Waals surface area contributed by atoms with Crippen LogP contribution in [0.3, 0.4) is 0 Å². The molecule has 0 saturated carbocycles. The van der Waals surface area contributed by atoms with Crippen LogP contribution in [0.15, 0.2) is 47.9 Å². The lowest BCUT2D eigenvalue weighted by Crippen LogP contribution is -2.11. The number of benzene rings is 2. The maximum absolute atomic E-state index is 13.6. The van der Waals surface area contributed by atoms with Gasteiger partial charge < -0.3 is 0 Å². The van der Waals surface area contributed by atoms with E-state index >= 15 is 0 Å². The Morgan fingerprint density at radius 1 is 1.09 bits per heavy atom. The summed E-state index contributed by atoms with van der Waals surface area (Å²) in [6, 6.07) is 9.17. The van der Waals surface area contributed by atoms with Gasteiger partial charge in [0.1, 0.15) is 0 Å². The Morgan fingerprint density at radius 3 is 2.35 bits per heavy atom. The summed E-state index contributed by atoms with van der Waals surface area (Å²) in [4.78, 5) is 9.54. The fourth-order valence-corrected chi connectivity index (χ4v) is 2.54. The average Bonchev–Trinajstić information content (AvgIpc) is 2.49. The molecule has 0 bridgehead atoms. The zero-order valence-corrected chi connectivity index (χ0v) is 12.3. The number of nitro groups is 1. The molecule has 6 nitrogen and oxygen atoms in total. The molecular weight excluding hydrogens is 330 g/mol. The second-order valence-electron chi connectivity index (χ2n) is 4.40. The number of nitrogens with one attached hydrogen (secondary N) is 1. The van der Waals surface area contributed by atoms with Crippen molar-refractivity contribution in [3.05, 3.63) is 75.2 Å². The molecule has 1 N–H and O–H groups in total. The van der Waals surface area contributed by atoms with Gasteiger partial charge in [-0.1, -0.05) is 30.3 Å². The molecule has 120 valence electrons. The first-order chi connectivity index (χ1) is 10.8. The number of nitro benzene ring substituents is 1. The molecule has 0 radical (unpaired) electrons. The van der Waals surface area contributed by atoms with Crippen LogP contribution in [0.1, 0.15) is 5.56 Å². The molecular formula is C14H10F2N2O4S. The smallest absolute Gasteiger partial charge is 0.277 e. The topological polar surface area (TPSA) is 89.3 Å². The van der Waals surface area contributed by atoms with Crippen molar-refractivity contribution >= 4 is 27.5 Å². The van der Waals surface area contributed by atoms with Gasteiger partial charge in [0.2, 0.25) is 5.82 Å². The minimum absolute atomic E-state index is 0.247. The van der Waals surface area contributed by atoms with Gasteiger partial charge in [0.05, 0.1) is 16.0 Å². The number of hydrogen-bond acceptors (Lipinski definition) is 4. The maximum atomic E-state index is 13.6. The van der Waals surface area contributed by atoms with E-state index in [0.717, 1.165) is 5.41 Å². The molecule has 0 atom stereocenters. The molecule has 0 heterocycles. The normalized spacial score (nSPS) is 11.6. The van der Waals surface area contributed by atoms with E-state index in [1.165, 1.54) is 6.08 Å². The van der Waals surface area contributed by atoms with Crippen LogP contribution in [0.2, 0.25) is 0 Å². The first kappa shape index (κ1) is 16.6. The van der Waals surface area contributed by atoms with Crippen LogP contribution in [0.5, 0.6) is 0 Å². The average molecular weight is 340 g/mol. The van der Waals surface area contributed by atoms with E-state index < -0.39 is 38.0 Å². The molecule has 0 fully saturated rings. The van der Waals surface area contributed by atoms with Gasteiger partial charge in [0, 0.05) is 12.1 Å². The van der Waals surface area contributed by atoms with E-state index in [1.54, 1.807) is 30.3 Å². The number of nitrogens with zero attached hydrogens (tertiary/aromatic N) is 1. The van der Waals surface area contributed by atoms with Gasteiger partial charge in [0.25, 0.3) is 10.0 Å². The predicted molar refractivity (Wildman–Crippen MR) is 81.0 cm³/mol. The highest BCUT2D eigenvalue weighted by Gasteiger charge is 2.20. The van der Waals surface area contributed by atoms with E-state index in [2.05, 4.69) is 0 Å². The Kier molecular flexibility index (Phi) is 4.70. The van der Waals surface area contributed by atoms with Gasteiger partial charge in [-0.2, -0.15) is 4.39 Å². The predicted octanol–water partition coefficient (Wildman–Crippen LogP) is 3.29. The van der Waals surface area contributed by atoms with E-state index in [1.807, 2.05) is 4.72 Å². The van der Waals surface area contributed by atoms with Crippen LogP contribution in [0, 0.1) is 21.7 Å². The van der Waals surface area contributed by atoms with Gasteiger partial charge in [-0.15, -0.1) is 0 Å². The van der Waals surface area contributed by atoms with Gasteiger partial charge >= 0.3 is 5.69 Å². The molecule has 9 heteroatoms. The summed E-state index contributed by atoms with van der Waals surface area (Å²) < 4.78 is 52.3. The first-order valence-corrected chi connectivity index (χ1v) is 7.72. The lowest BCUT2D eigenvalue weighted by atomic mass is 10.2. The van der Waals surface area contributed by atoms with Gasteiger partial charge in [-0.3, -0.25) is 14.8 Å². The summed E-state index contributed by atoms with van der Waals surface area (Å²) in [6.45, 7) is 0. The third kappa shape index (κ3) is 4.33. The minimum atomic E-state index is -4.13. The Hall–Kier alpha value is -2.81. The zero-order valence-electron chi connectivity index (χ0n) is 11.4. The third-order valence-electron chi connectivity index (χ3n) is 2.72. The number of rotatable bonds is 5.